The van der Waals surface area contributed by atoms with Gasteiger partial charge in [-0.05, 0) is 41.5 Å². The van der Waals surface area contributed by atoms with Crippen LogP contribution in [0.1, 0.15) is 41.5 Å². The molecule has 0 aromatic carbocycles. The van der Waals surface area contributed by atoms with Crippen LogP contribution in [-0.2, 0) is 4.94 Å². The van der Waals surface area contributed by atoms with E-state index >= 15 is 0 Å². The van der Waals surface area contributed by atoms with Crippen molar-refractivity contribution in [1.29, 1.82) is 0 Å². The van der Waals surface area contributed by atoms with Crippen molar-refractivity contribution in [3.05, 3.63) is 0 Å². The molecule has 0 rings (SSSR count). The summed E-state index contributed by atoms with van der Waals surface area (Å²) in [6.45, 7) is 12.2. The first-order chi connectivity index (χ1) is 4.71. The lowest BCUT2D eigenvalue weighted by Gasteiger charge is -2.25. The van der Waals surface area contributed by atoms with Gasteiger partial charge in [0.2, 0.25) is 0 Å². The molecule has 0 spiro atoms. The van der Waals surface area contributed by atoms with E-state index in [1.807, 2.05) is 41.5 Å². The average Bonchev–Trinajstić information content (AvgIpc) is 1.55. The summed E-state index contributed by atoms with van der Waals surface area (Å²) in [5, 5.41) is 0. The van der Waals surface area contributed by atoms with Crippen molar-refractivity contribution in [2.45, 2.75) is 52.6 Å². The van der Waals surface area contributed by atoms with Crippen LogP contribution in [0.2, 0.25) is 0 Å². The van der Waals surface area contributed by atoms with Crippen LogP contribution in [0.3, 0.4) is 0 Å². The molecule has 11 heavy (non-hydrogen) atoms. The summed E-state index contributed by atoms with van der Waals surface area (Å²) in [7, 11) is 0. The third kappa shape index (κ3) is 9.88. The molecule has 3 heteroatoms. The van der Waals surface area contributed by atoms with Gasteiger partial charge in [0, 0.05) is 11.1 Å². The minimum atomic E-state index is -0.0156. The number of nitrogens with one attached hydrogen (secondary N) is 2. The highest BCUT2D eigenvalue weighted by atomic mass is 16.8. The number of hydroxylamine groups is 2. The lowest BCUT2D eigenvalue weighted by Crippen LogP contribution is -2.46. The third-order valence-electron chi connectivity index (χ3n) is 0.714. The van der Waals surface area contributed by atoms with Gasteiger partial charge in [-0.1, -0.05) is 0 Å². The maximum absolute atomic E-state index is 5.06. The second-order valence-corrected chi connectivity index (χ2v) is 4.81. The predicted octanol–water partition coefficient (Wildman–Crippen LogP) is 1.61. The number of hydrogen-bond donors (Lipinski definition) is 2. The van der Waals surface area contributed by atoms with Crippen molar-refractivity contribution < 1.29 is 4.94 Å². The maximum atomic E-state index is 5.06. The molecule has 0 atom stereocenters. The summed E-state index contributed by atoms with van der Waals surface area (Å²) in [4.78, 5) is 5.06. The molecule has 2 N–H and O–H groups in total. The number of rotatable bonds is 2. The Bertz CT molecular complexity index is 96.2. The normalized spacial score (nSPS) is 13.6. The minimum absolute atomic E-state index is 0.0156. The molecule has 0 saturated carbocycles. The van der Waals surface area contributed by atoms with Crippen molar-refractivity contribution in [3.8, 4) is 0 Å². The fraction of sp³-hybridized carbons (Fsp3) is 1.00. The summed E-state index contributed by atoms with van der Waals surface area (Å²) in [5.74, 6) is 0. The van der Waals surface area contributed by atoms with E-state index in [1.165, 1.54) is 0 Å². The van der Waals surface area contributed by atoms with Crippen LogP contribution in [0.25, 0.3) is 0 Å². The molecule has 0 radical (unpaired) electrons. The standard InChI is InChI=1S/C8H20N2O/c1-7(2,3)9-11-10-8(4,5)6/h9-10H,1-6H3. The maximum Gasteiger partial charge on any atom is 0.0367 e. The Morgan fingerprint density at radius 2 is 1.00 bits per heavy atom. The van der Waals surface area contributed by atoms with Crippen molar-refractivity contribution in [2.24, 2.45) is 0 Å². The monoisotopic (exact) mass is 160 g/mol. The third-order valence-corrected chi connectivity index (χ3v) is 0.714. The molecule has 0 unspecified atom stereocenters. The Labute approximate surface area is 69.4 Å². The van der Waals surface area contributed by atoms with Crippen molar-refractivity contribution in [2.75, 3.05) is 0 Å². The first kappa shape index (κ1) is 10.9. The largest absolute Gasteiger partial charge is 0.213 e. The molecular formula is C8H20N2O. The van der Waals surface area contributed by atoms with Gasteiger partial charge in [0.15, 0.2) is 0 Å². The van der Waals surface area contributed by atoms with Gasteiger partial charge in [0.05, 0.1) is 0 Å². The van der Waals surface area contributed by atoms with E-state index in [9.17, 15) is 0 Å². The zero-order valence-corrected chi connectivity index (χ0v) is 8.41. The fourth-order valence-corrected chi connectivity index (χ4v) is 0.332. The minimum Gasteiger partial charge on any atom is -0.213 e. The lowest BCUT2D eigenvalue weighted by molar-refractivity contribution is -0.103. The van der Waals surface area contributed by atoms with Crippen molar-refractivity contribution in [3.63, 3.8) is 0 Å². The summed E-state index contributed by atoms with van der Waals surface area (Å²) in [5.41, 5.74) is 5.70. The summed E-state index contributed by atoms with van der Waals surface area (Å²) in [6.07, 6.45) is 0. The zero-order chi connectivity index (χ0) is 9.12. The van der Waals surface area contributed by atoms with Crippen LogP contribution in [0.15, 0.2) is 0 Å². The molecule has 0 aromatic rings. The fourth-order valence-electron chi connectivity index (χ4n) is 0.332. The molecule has 0 aromatic heterocycles. The highest BCUT2D eigenvalue weighted by Crippen LogP contribution is 2.00. The molecule has 0 heterocycles. The summed E-state index contributed by atoms with van der Waals surface area (Å²) in [6, 6.07) is 0. The van der Waals surface area contributed by atoms with Crippen LogP contribution in [0, 0.1) is 0 Å². The van der Waals surface area contributed by atoms with E-state index in [0.717, 1.165) is 0 Å². The smallest absolute Gasteiger partial charge is 0.0367 e. The van der Waals surface area contributed by atoms with Gasteiger partial charge in [0.1, 0.15) is 0 Å². The second-order valence-electron chi connectivity index (χ2n) is 4.81. The van der Waals surface area contributed by atoms with E-state index in [0.29, 0.717) is 0 Å². The molecule has 0 fully saturated rings. The van der Waals surface area contributed by atoms with Gasteiger partial charge in [-0.15, -0.1) is 0 Å². The van der Waals surface area contributed by atoms with Crippen LogP contribution < -0.4 is 11.0 Å². The predicted molar refractivity (Wildman–Crippen MR) is 46.9 cm³/mol. The van der Waals surface area contributed by atoms with E-state index in [-0.39, 0.29) is 11.1 Å². The molecule has 0 aliphatic rings. The van der Waals surface area contributed by atoms with Crippen molar-refractivity contribution in [1.82, 2.24) is 11.0 Å². The van der Waals surface area contributed by atoms with Crippen LogP contribution in [-0.4, -0.2) is 11.1 Å². The number of hydrogen-bond acceptors (Lipinski definition) is 3. The first-order valence-corrected chi connectivity index (χ1v) is 3.91. The molecule has 0 aliphatic heterocycles. The van der Waals surface area contributed by atoms with Gasteiger partial charge in [-0.25, -0.2) is 4.94 Å². The van der Waals surface area contributed by atoms with E-state index in [2.05, 4.69) is 11.0 Å². The SMILES string of the molecule is CC(C)(C)NONC(C)(C)C. The Morgan fingerprint density at radius 1 is 0.727 bits per heavy atom. The Kier molecular flexibility index (Phi) is 3.48. The topological polar surface area (TPSA) is 33.3 Å². The Hall–Kier alpha value is -0.120. The molecule has 0 saturated heterocycles. The second kappa shape index (κ2) is 3.52. The van der Waals surface area contributed by atoms with Gasteiger partial charge < -0.3 is 0 Å². The molecule has 0 aliphatic carbocycles. The highest BCUT2D eigenvalue weighted by molar-refractivity contribution is 4.66. The molecule has 68 valence electrons. The van der Waals surface area contributed by atoms with Crippen LogP contribution in [0.4, 0.5) is 0 Å². The molecule has 0 bridgehead atoms. The van der Waals surface area contributed by atoms with Crippen molar-refractivity contribution >= 4 is 0 Å². The van der Waals surface area contributed by atoms with Crippen LogP contribution >= 0.6 is 0 Å². The van der Waals surface area contributed by atoms with E-state index in [4.69, 9.17) is 4.94 Å². The Balaban J connectivity index is 3.44. The van der Waals surface area contributed by atoms with E-state index < -0.39 is 0 Å². The molecule has 0 amide bonds. The Morgan fingerprint density at radius 3 is 1.18 bits per heavy atom. The van der Waals surface area contributed by atoms with E-state index in [1.54, 1.807) is 0 Å². The summed E-state index contributed by atoms with van der Waals surface area (Å²) >= 11 is 0. The molecule has 3 nitrogen and oxygen atoms in total. The van der Waals surface area contributed by atoms with Crippen LogP contribution in [0.5, 0.6) is 0 Å². The quantitative estimate of drug-likeness (QED) is 0.602. The highest BCUT2D eigenvalue weighted by Gasteiger charge is 2.13. The van der Waals surface area contributed by atoms with Gasteiger partial charge in [-0.2, -0.15) is 11.0 Å². The lowest BCUT2D eigenvalue weighted by atomic mass is 10.1. The zero-order valence-electron chi connectivity index (χ0n) is 8.41. The average molecular weight is 160 g/mol. The van der Waals surface area contributed by atoms with Gasteiger partial charge in [0.25, 0.3) is 0 Å². The first-order valence-electron chi connectivity index (χ1n) is 3.91. The van der Waals surface area contributed by atoms with Gasteiger partial charge in [-0.3, -0.25) is 0 Å². The molecular weight excluding hydrogens is 140 g/mol. The summed E-state index contributed by atoms with van der Waals surface area (Å²) < 4.78 is 0. The van der Waals surface area contributed by atoms with Gasteiger partial charge >= 0.3 is 0 Å².